The molecule has 178 valence electrons. The number of imidazole rings is 1. The highest BCUT2D eigenvalue weighted by Gasteiger charge is 2.32. The molecule has 0 radical (unpaired) electrons. The third-order valence-electron chi connectivity index (χ3n) is 5.84. The number of nitrogens with zero attached hydrogens (tertiary/aromatic N) is 3. The predicted molar refractivity (Wildman–Crippen MR) is 143 cm³/mol. The van der Waals surface area contributed by atoms with Crippen LogP contribution in [0.3, 0.4) is 0 Å². The zero-order valence-corrected chi connectivity index (χ0v) is 21.5. The zero-order chi connectivity index (χ0) is 24.4. The standard InChI is InChI=1S/C26H30ClN5OS/c1-16(2)28-26(34)32(21-11-12-21)15-24(33)30-25-29-23(19-6-8-20(27)9-7-19)14-31(25)22-10-5-17(3)18(4)13-22/h5-10,13-14,16,21H,11-12,15H2,1-4H3,(H,28,34)(H,29,30,33). The monoisotopic (exact) mass is 495 g/mol. The number of aryl methyl sites for hydroxylation is 2. The number of amides is 1. The van der Waals surface area contributed by atoms with Gasteiger partial charge in [0.15, 0.2) is 5.11 Å². The maximum Gasteiger partial charge on any atom is 0.246 e. The van der Waals surface area contributed by atoms with Gasteiger partial charge in [0, 0.05) is 34.6 Å². The fourth-order valence-corrected chi connectivity index (χ4v) is 4.28. The van der Waals surface area contributed by atoms with Crippen molar-refractivity contribution in [3.8, 4) is 16.9 Å². The summed E-state index contributed by atoms with van der Waals surface area (Å²) in [4.78, 5) is 19.9. The van der Waals surface area contributed by atoms with Crippen LogP contribution in [0.5, 0.6) is 0 Å². The summed E-state index contributed by atoms with van der Waals surface area (Å²) < 4.78 is 1.92. The summed E-state index contributed by atoms with van der Waals surface area (Å²) in [7, 11) is 0. The topological polar surface area (TPSA) is 62.2 Å². The van der Waals surface area contributed by atoms with E-state index in [1.165, 1.54) is 11.1 Å². The van der Waals surface area contributed by atoms with E-state index in [0.717, 1.165) is 29.8 Å². The molecule has 1 aromatic heterocycles. The highest BCUT2D eigenvalue weighted by Crippen LogP contribution is 2.28. The molecule has 0 saturated heterocycles. The molecule has 1 saturated carbocycles. The number of aromatic nitrogens is 2. The molecule has 1 amide bonds. The van der Waals surface area contributed by atoms with Gasteiger partial charge >= 0.3 is 0 Å². The molecule has 34 heavy (non-hydrogen) atoms. The Morgan fingerprint density at radius 2 is 1.88 bits per heavy atom. The van der Waals surface area contributed by atoms with Crippen LogP contribution in [0.15, 0.2) is 48.7 Å². The molecule has 4 rings (SSSR count). The molecular weight excluding hydrogens is 466 g/mol. The number of hydrogen-bond acceptors (Lipinski definition) is 3. The smallest absolute Gasteiger partial charge is 0.246 e. The number of carbonyl (C=O) groups excluding carboxylic acids is 1. The lowest BCUT2D eigenvalue weighted by Gasteiger charge is -2.26. The molecule has 1 heterocycles. The van der Waals surface area contributed by atoms with Crippen molar-refractivity contribution in [3.05, 3.63) is 64.8 Å². The molecule has 1 aliphatic rings. The van der Waals surface area contributed by atoms with Crippen LogP contribution in [0.4, 0.5) is 5.95 Å². The number of halogens is 1. The van der Waals surface area contributed by atoms with Crippen LogP contribution in [-0.2, 0) is 4.79 Å². The molecule has 0 unspecified atom stereocenters. The maximum absolute atomic E-state index is 13.1. The molecule has 1 fully saturated rings. The van der Waals surface area contributed by atoms with E-state index in [0.29, 0.717) is 22.1 Å². The lowest BCUT2D eigenvalue weighted by Crippen LogP contribution is -2.47. The zero-order valence-electron chi connectivity index (χ0n) is 19.9. The van der Waals surface area contributed by atoms with E-state index in [4.69, 9.17) is 28.8 Å². The molecule has 2 N–H and O–H groups in total. The minimum absolute atomic E-state index is 0.154. The predicted octanol–water partition coefficient (Wildman–Crippen LogP) is 5.50. The van der Waals surface area contributed by atoms with Gasteiger partial charge in [-0.05, 0) is 88.1 Å². The van der Waals surface area contributed by atoms with Crippen molar-refractivity contribution in [3.63, 3.8) is 0 Å². The van der Waals surface area contributed by atoms with E-state index < -0.39 is 0 Å². The van der Waals surface area contributed by atoms with Crippen molar-refractivity contribution >= 4 is 40.8 Å². The average molecular weight is 496 g/mol. The molecule has 0 spiro atoms. The van der Waals surface area contributed by atoms with E-state index in [1.807, 2.05) is 59.8 Å². The van der Waals surface area contributed by atoms with Gasteiger partial charge in [0.2, 0.25) is 11.9 Å². The van der Waals surface area contributed by atoms with Crippen molar-refractivity contribution in [2.45, 2.75) is 52.6 Å². The van der Waals surface area contributed by atoms with Gasteiger partial charge in [-0.1, -0.05) is 29.8 Å². The van der Waals surface area contributed by atoms with Crippen molar-refractivity contribution in [1.82, 2.24) is 19.8 Å². The molecule has 8 heteroatoms. The van der Waals surface area contributed by atoms with Crippen molar-refractivity contribution in [2.75, 3.05) is 11.9 Å². The molecule has 2 aromatic carbocycles. The van der Waals surface area contributed by atoms with Gasteiger partial charge in [-0.2, -0.15) is 0 Å². The third kappa shape index (κ3) is 5.77. The molecule has 1 aliphatic carbocycles. The number of nitrogens with one attached hydrogen (secondary N) is 2. The summed E-state index contributed by atoms with van der Waals surface area (Å²) in [5, 5.41) is 7.56. The Hall–Kier alpha value is -2.90. The fraction of sp³-hybridized carbons (Fsp3) is 0.346. The molecule has 6 nitrogen and oxygen atoms in total. The van der Waals surface area contributed by atoms with Crippen molar-refractivity contribution in [2.24, 2.45) is 0 Å². The summed E-state index contributed by atoms with van der Waals surface area (Å²) in [6.07, 6.45) is 4.03. The Labute approximate surface area is 211 Å². The van der Waals surface area contributed by atoms with Crippen LogP contribution in [0.1, 0.15) is 37.8 Å². The van der Waals surface area contributed by atoms with Crippen LogP contribution in [0.25, 0.3) is 16.9 Å². The van der Waals surface area contributed by atoms with E-state index in [2.05, 4.69) is 36.6 Å². The van der Waals surface area contributed by atoms with Crippen LogP contribution in [0, 0.1) is 13.8 Å². The van der Waals surface area contributed by atoms with Crippen molar-refractivity contribution in [1.29, 1.82) is 0 Å². The summed E-state index contributed by atoms with van der Waals surface area (Å²) in [5.41, 5.74) is 4.98. The number of thiocarbonyl (C=S) groups is 1. The first-order chi connectivity index (χ1) is 16.2. The largest absolute Gasteiger partial charge is 0.360 e. The Kier molecular flexibility index (Phi) is 7.24. The van der Waals surface area contributed by atoms with E-state index in [1.54, 1.807) is 0 Å². The second-order valence-corrected chi connectivity index (χ2v) is 9.93. The Bertz CT molecular complexity index is 1200. The highest BCUT2D eigenvalue weighted by atomic mass is 35.5. The first-order valence-corrected chi connectivity index (χ1v) is 12.3. The van der Waals surface area contributed by atoms with Gasteiger partial charge in [0.1, 0.15) is 0 Å². The second kappa shape index (κ2) is 10.2. The van der Waals surface area contributed by atoms with Crippen molar-refractivity contribution < 1.29 is 4.79 Å². The van der Waals surface area contributed by atoms with Crippen LogP contribution < -0.4 is 10.6 Å². The van der Waals surface area contributed by atoms with Gasteiger partial charge in [-0.25, -0.2) is 4.98 Å². The van der Waals surface area contributed by atoms with Gasteiger partial charge in [-0.3, -0.25) is 14.7 Å². The summed E-state index contributed by atoms with van der Waals surface area (Å²) in [6.45, 7) is 8.41. The maximum atomic E-state index is 13.1. The minimum atomic E-state index is -0.154. The second-order valence-electron chi connectivity index (χ2n) is 9.11. The number of rotatable bonds is 7. The van der Waals surface area contributed by atoms with E-state index >= 15 is 0 Å². The molecule has 0 atom stereocenters. The molecule has 0 bridgehead atoms. The lowest BCUT2D eigenvalue weighted by molar-refractivity contribution is -0.116. The summed E-state index contributed by atoms with van der Waals surface area (Å²) in [6, 6.07) is 14.2. The minimum Gasteiger partial charge on any atom is -0.360 e. The number of hydrogen-bond donors (Lipinski definition) is 2. The SMILES string of the molecule is Cc1ccc(-n2cc(-c3ccc(Cl)cc3)nc2NC(=O)CN(C(=S)NC(C)C)C2CC2)cc1C. The number of carbonyl (C=O) groups is 1. The lowest BCUT2D eigenvalue weighted by atomic mass is 10.1. The first-order valence-electron chi connectivity index (χ1n) is 11.5. The summed E-state index contributed by atoms with van der Waals surface area (Å²) >= 11 is 11.6. The van der Waals surface area contributed by atoms with E-state index in [-0.39, 0.29) is 18.5 Å². The molecule has 3 aromatic rings. The van der Waals surface area contributed by atoms with Gasteiger partial charge in [-0.15, -0.1) is 0 Å². The van der Waals surface area contributed by atoms with Crippen LogP contribution in [-0.4, -0.2) is 44.1 Å². The summed E-state index contributed by atoms with van der Waals surface area (Å²) in [5.74, 6) is 0.315. The third-order valence-corrected chi connectivity index (χ3v) is 6.44. The van der Waals surface area contributed by atoms with Gasteiger partial charge in [0.05, 0.1) is 12.2 Å². The van der Waals surface area contributed by atoms with Gasteiger partial charge < -0.3 is 10.2 Å². The van der Waals surface area contributed by atoms with Gasteiger partial charge in [0.25, 0.3) is 0 Å². The van der Waals surface area contributed by atoms with Crippen LogP contribution in [0.2, 0.25) is 5.02 Å². The van der Waals surface area contributed by atoms with Crippen LogP contribution >= 0.6 is 23.8 Å². The Morgan fingerprint density at radius 3 is 2.50 bits per heavy atom. The quantitative estimate of drug-likeness (QED) is 0.424. The first kappa shape index (κ1) is 24.2. The molecular formula is C26H30ClN5OS. The highest BCUT2D eigenvalue weighted by molar-refractivity contribution is 7.80. The fourth-order valence-electron chi connectivity index (χ4n) is 3.70. The van der Waals surface area contributed by atoms with E-state index in [9.17, 15) is 4.79 Å². The normalized spacial score (nSPS) is 13.1. The molecule has 0 aliphatic heterocycles. The number of anilines is 1. The Morgan fingerprint density at radius 1 is 1.18 bits per heavy atom. The Balaban J connectivity index is 1.62. The number of benzene rings is 2. The average Bonchev–Trinajstić information content (AvgIpc) is 3.54.